The Kier molecular flexibility index (Phi) is 3.34. The average molecular weight is 158 g/mol. The van der Waals surface area contributed by atoms with Gasteiger partial charge >= 0.3 is 0 Å². The van der Waals surface area contributed by atoms with Gasteiger partial charge < -0.3 is 9.84 Å². The van der Waals surface area contributed by atoms with Crippen LogP contribution in [0.5, 0.6) is 0 Å². The highest BCUT2D eigenvalue weighted by Crippen LogP contribution is 2.34. The Morgan fingerprint density at radius 1 is 1.55 bits per heavy atom. The molecule has 1 N–H and O–H groups in total. The van der Waals surface area contributed by atoms with Crippen LogP contribution in [0, 0.1) is 11.8 Å². The Morgan fingerprint density at radius 2 is 2.18 bits per heavy atom. The van der Waals surface area contributed by atoms with E-state index in [4.69, 9.17) is 4.74 Å². The van der Waals surface area contributed by atoms with Crippen LogP contribution >= 0.6 is 0 Å². The Hall–Kier alpha value is -0.0800. The van der Waals surface area contributed by atoms with Gasteiger partial charge in [-0.05, 0) is 12.3 Å². The largest absolute Gasteiger partial charge is 0.393 e. The molecule has 2 unspecified atom stereocenters. The molecular weight excluding hydrogens is 140 g/mol. The lowest BCUT2D eigenvalue weighted by molar-refractivity contribution is 0.0486. The van der Waals surface area contributed by atoms with E-state index in [2.05, 4.69) is 0 Å². The topological polar surface area (TPSA) is 29.5 Å². The fourth-order valence-electron chi connectivity index (χ4n) is 1.30. The molecule has 0 aromatic heterocycles. The second-order valence-electron chi connectivity index (χ2n) is 3.68. The fraction of sp³-hybridized carbons (Fsp3) is 1.00. The zero-order chi connectivity index (χ0) is 8.27. The maximum absolute atomic E-state index is 9.58. The number of hydrogen-bond donors (Lipinski definition) is 1. The summed E-state index contributed by atoms with van der Waals surface area (Å²) < 4.78 is 4.97. The van der Waals surface area contributed by atoms with Crippen molar-refractivity contribution in [1.29, 1.82) is 0 Å². The number of ether oxygens (including phenoxy) is 1. The molecular formula is C9H18O2. The predicted molar refractivity (Wildman–Crippen MR) is 44.4 cm³/mol. The SMILES string of the molecule is COCC(C)C(O)CC1CC1. The summed E-state index contributed by atoms with van der Waals surface area (Å²) in [6.07, 6.45) is 3.46. The van der Waals surface area contributed by atoms with Gasteiger partial charge in [-0.2, -0.15) is 0 Å². The van der Waals surface area contributed by atoms with Gasteiger partial charge in [0.05, 0.1) is 12.7 Å². The smallest absolute Gasteiger partial charge is 0.0590 e. The van der Waals surface area contributed by atoms with E-state index in [0.29, 0.717) is 12.5 Å². The van der Waals surface area contributed by atoms with Crippen LogP contribution in [0.25, 0.3) is 0 Å². The lowest BCUT2D eigenvalue weighted by atomic mass is 10.0. The molecule has 0 aliphatic heterocycles. The molecule has 1 aliphatic carbocycles. The number of aliphatic hydroxyl groups excluding tert-OH is 1. The van der Waals surface area contributed by atoms with Crippen molar-refractivity contribution >= 4 is 0 Å². The highest BCUT2D eigenvalue weighted by atomic mass is 16.5. The normalized spacial score (nSPS) is 23.2. The highest BCUT2D eigenvalue weighted by Gasteiger charge is 2.26. The molecule has 66 valence electrons. The van der Waals surface area contributed by atoms with E-state index in [0.717, 1.165) is 12.3 Å². The van der Waals surface area contributed by atoms with Gasteiger partial charge in [-0.3, -0.25) is 0 Å². The van der Waals surface area contributed by atoms with E-state index in [1.54, 1.807) is 7.11 Å². The van der Waals surface area contributed by atoms with Gasteiger partial charge in [0.1, 0.15) is 0 Å². The van der Waals surface area contributed by atoms with E-state index in [1.807, 2.05) is 6.92 Å². The fourth-order valence-corrected chi connectivity index (χ4v) is 1.30. The molecule has 0 amide bonds. The number of rotatable bonds is 5. The molecule has 0 aromatic rings. The summed E-state index contributed by atoms with van der Waals surface area (Å²) in [6.45, 7) is 2.71. The Balaban J connectivity index is 2.10. The second kappa shape index (κ2) is 4.07. The van der Waals surface area contributed by atoms with Gasteiger partial charge in [0, 0.05) is 13.0 Å². The molecule has 11 heavy (non-hydrogen) atoms. The van der Waals surface area contributed by atoms with E-state index < -0.39 is 0 Å². The molecule has 0 saturated heterocycles. The summed E-state index contributed by atoms with van der Waals surface area (Å²) in [5, 5.41) is 9.58. The van der Waals surface area contributed by atoms with Crippen molar-refractivity contribution < 1.29 is 9.84 Å². The van der Waals surface area contributed by atoms with E-state index >= 15 is 0 Å². The molecule has 1 aliphatic rings. The molecule has 1 rings (SSSR count). The third-order valence-corrected chi connectivity index (χ3v) is 2.36. The monoisotopic (exact) mass is 158 g/mol. The van der Waals surface area contributed by atoms with Crippen LogP contribution in [0.15, 0.2) is 0 Å². The molecule has 2 atom stereocenters. The van der Waals surface area contributed by atoms with Crippen LogP contribution in [0.3, 0.4) is 0 Å². The average Bonchev–Trinajstić information content (AvgIpc) is 2.72. The van der Waals surface area contributed by atoms with Crippen LogP contribution in [-0.4, -0.2) is 24.9 Å². The van der Waals surface area contributed by atoms with Crippen LogP contribution in [0.2, 0.25) is 0 Å². The maximum atomic E-state index is 9.58. The maximum Gasteiger partial charge on any atom is 0.0590 e. The predicted octanol–water partition coefficient (Wildman–Crippen LogP) is 1.43. The summed E-state index contributed by atoms with van der Waals surface area (Å²) >= 11 is 0. The van der Waals surface area contributed by atoms with Gasteiger partial charge in [0.2, 0.25) is 0 Å². The van der Waals surface area contributed by atoms with Crippen LogP contribution in [-0.2, 0) is 4.74 Å². The minimum Gasteiger partial charge on any atom is -0.393 e. The van der Waals surface area contributed by atoms with Gasteiger partial charge in [0.15, 0.2) is 0 Å². The van der Waals surface area contributed by atoms with Crippen LogP contribution in [0.4, 0.5) is 0 Å². The van der Waals surface area contributed by atoms with E-state index in [1.165, 1.54) is 12.8 Å². The molecule has 1 saturated carbocycles. The Labute approximate surface area is 68.6 Å². The zero-order valence-corrected chi connectivity index (χ0v) is 7.42. The van der Waals surface area contributed by atoms with Gasteiger partial charge in [-0.15, -0.1) is 0 Å². The summed E-state index contributed by atoms with van der Waals surface area (Å²) in [6, 6.07) is 0. The van der Waals surface area contributed by atoms with Gasteiger partial charge in [0.25, 0.3) is 0 Å². The Bertz CT molecular complexity index is 110. The van der Waals surface area contributed by atoms with Crippen molar-refractivity contribution in [3.05, 3.63) is 0 Å². The molecule has 0 heterocycles. The quantitative estimate of drug-likeness (QED) is 0.656. The molecule has 2 nitrogen and oxygen atoms in total. The summed E-state index contributed by atoms with van der Waals surface area (Å²) in [4.78, 5) is 0. The van der Waals surface area contributed by atoms with Crippen molar-refractivity contribution in [3.63, 3.8) is 0 Å². The summed E-state index contributed by atoms with van der Waals surface area (Å²) in [7, 11) is 1.68. The van der Waals surface area contributed by atoms with Crippen molar-refractivity contribution in [2.45, 2.75) is 32.3 Å². The van der Waals surface area contributed by atoms with Crippen LogP contribution < -0.4 is 0 Å². The number of methoxy groups -OCH3 is 1. The van der Waals surface area contributed by atoms with Crippen molar-refractivity contribution in [3.8, 4) is 0 Å². The first-order valence-corrected chi connectivity index (χ1v) is 4.41. The van der Waals surface area contributed by atoms with Gasteiger partial charge in [-0.25, -0.2) is 0 Å². The first-order valence-electron chi connectivity index (χ1n) is 4.41. The lowest BCUT2D eigenvalue weighted by Gasteiger charge is -2.17. The van der Waals surface area contributed by atoms with E-state index in [9.17, 15) is 5.11 Å². The van der Waals surface area contributed by atoms with Crippen molar-refractivity contribution in [1.82, 2.24) is 0 Å². The molecule has 0 spiro atoms. The Morgan fingerprint density at radius 3 is 2.64 bits per heavy atom. The number of hydrogen-bond acceptors (Lipinski definition) is 2. The van der Waals surface area contributed by atoms with Crippen molar-refractivity contribution in [2.24, 2.45) is 11.8 Å². The first-order chi connectivity index (χ1) is 5.24. The highest BCUT2D eigenvalue weighted by molar-refractivity contribution is 4.78. The molecule has 0 bridgehead atoms. The molecule has 0 aromatic carbocycles. The van der Waals surface area contributed by atoms with Crippen molar-refractivity contribution in [2.75, 3.05) is 13.7 Å². The summed E-state index contributed by atoms with van der Waals surface area (Å²) in [5.74, 6) is 1.10. The molecule has 0 radical (unpaired) electrons. The summed E-state index contributed by atoms with van der Waals surface area (Å²) in [5.41, 5.74) is 0. The second-order valence-corrected chi connectivity index (χ2v) is 3.68. The minimum absolute atomic E-state index is 0.151. The number of aliphatic hydroxyl groups is 1. The van der Waals surface area contributed by atoms with Gasteiger partial charge in [-0.1, -0.05) is 19.8 Å². The minimum atomic E-state index is -0.151. The third kappa shape index (κ3) is 3.21. The standard InChI is InChI=1S/C9H18O2/c1-7(6-11-2)9(10)5-8-3-4-8/h7-10H,3-6H2,1-2H3. The third-order valence-electron chi connectivity index (χ3n) is 2.36. The van der Waals surface area contributed by atoms with Crippen LogP contribution in [0.1, 0.15) is 26.2 Å². The molecule has 2 heteroatoms. The first kappa shape index (κ1) is 9.01. The lowest BCUT2D eigenvalue weighted by Crippen LogP contribution is -2.22. The molecule has 1 fully saturated rings. The zero-order valence-electron chi connectivity index (χ0n) is 7.42. The van der Waals surface area contributed by atoms with E-state index in [-0.39, 0.29) is 6.10 Å².